The topological polar surface area (TPSA) is 23.6 Å². The highest BCUT2D eigenvalue weighted by Gasteiger charge is 2.20. The van der Waals surface area contributed by atoms with Gasteiger partial charge in [-0.3, -0.25) is 9.69 Å². The van der Waals surface area contributed by atoms with E-state index in [0.29, 0.717) is 6.54 Å². The lowest BCUT2D eigenvalue weighted by Crippen LogP contribution is -2.48. The molecule has 3 rings (SSSR count). The zero-order chi connectivity index (χ0) is 17.1. The summed E-state index contributed by atoms with van der Waals surface area (Å²) in [5, 5.41) is 0.767. The first kappa shape index (κ1) is 17.5. The van der Waals surface area contributed by atoms with Gasteiger partial charge in [-0.1, -0.05) is 45.7 Å². The van der Waals surface area contributed by atoms with Crippen molar-refractivity contribution in [3.8, 4) is 0 Å². The molecule has 1 aliphatic heterocycles. The highest BCUT2D eigenvalue weighted by atomic mass is 79.9. The van der Waals surface area contributed by atoms with Gasteiger partial charge in [0.15, 0.2) is 5.78 Å². The quantitative estimate of drug-likeness (QED) is 0.701. The van der Waals surface area contributed by atoms with E-state index in [0.717, 1.165) is 41.2 Å². The highest BCUT2D eigenvalue weighted by molar-refractivity contribution is 9.10. The van der Waals surface area contributed by atoms with Crippen molar-refractivity contribution in [1.29, 1.82) is 0 Å². The molecular formula is C19H20BrClN2O. The van der Waals surface area contributed by atoms with E-state index in [1.165, 1.54) is 11.3 Å². The number of Topliss-reactive ketones (excluding diaryl/α,β-unsaturated/α-hetero) is 1. The van der Waals surface area contributed by atoms with Crippen LogP contribution in [0.3, 0.4) is 0 Å². The van der Waals surface area contributed by atoms with Gasteiger partial charge in [0.05, 0.1) is 6.54 Å². The van der Waals surface area contributed by atoms with Crippen LogP contribution in [-0.2, 0) is 0 Å². The lowest BCUT2D eigenvalue weighted by atomic mass is 10.1. The molecule has 0 aliphatic carbocycles. The molecule has 1 heterocycles. The zero-order valence-corrected chi connectivity index (χ0v) is 16.0. The SMILES string of the molecule is Cc1ccc(Cl)cc1N1CCN(CC(=O)c2ccc(Br)cc2)CC1. The molecule has 5 heteroatoms. The van der Waals surface area contributed by atoms with Gasteiger partial charge in [-0.2, -0.15) is 0 Å². The lowest BCUT2D eigenvalue weighted by molar-refractivity contribution is 0.0926. The molecule has 1 saturated heterocycles. The fraction of sp³-hybridized carbons (Fsp3) is 0.316. The number of ketones is 1. The first-order valence-electron chi connectivity index (χ1n) is 8.05. The van der Waals surface area contributed by atoms with Crippen molar-refractivity contribution < 1.29 is 4.79 Å². The largest absolute Gasteiger partial charge is 0.369 e. The molecule has 3 nitrogen and oxygen atoms in total. The number of piperazine rings is 1. The van der Waals surface area contributed by atoms with Gasteiger partial charge in [0.25, 0.3) is 0 Å². The molecule has 0 unspecified atom stereocenters. The Morgan fingerprint density at radius 3 is 2.42 bits per heavy atom. The predicted molar refractivity (Wildman–Crippen MR) is 103 cm³/mol. The maximum absolute atomic E-state index is 12.4. The van der Waals surface area contributed by atoms with Crippen LogP contribution in [0, 0.1) is 6.92 Å². The van der Waals surface area contributed by atoms with E-state index < -0.39 is 0 Å². The van der Waals surface area contributed by atoms with Gasteiger partial charge in [-0.05, 0) is 36.8 Å². The lowest BCUT2D eigenvalue weighted by Gasteiger charge is -2.36. The molecule has 1 aliphatic rings. The molecular weight excluding hydrogens is 388 g/mol. The Hall–Kier alpha value is -1.36. The smallest absolute Gasteiger partial charge is 0.176 e. The average molecular weight is 408 g/mol. The van der Waals surface area contributed by atoms with Crippen molar-refractivity contribution in [3.63, 3.8) is 0 Å². The minimum absolute atomic E-state index is 0.176. The van der Waals surface area contributed by atoms with Crippen molar-refractivity contribution in [2.45, 2.75) is 6.92 Å². The number of aryl methyl sites for hydroxylation is 1. The second kappa shape index (κ2) is 7.68. The van der Waals surface area contributed by atoms with E-state index in [1.807, 2.05) is 36.4 Å². The molecule has 0 bridgehead atoms. The molecule has 1 fully saturated rings. The summed E-state index contributed by atoms with van der Waals surface area (Å²) >= 11 is 9.52. The molecule has 0 N–H and O–H groups in total. The molecule has 2 aromatic rings. The van der Waals surface area contributed by atoms with Crippen LogP contribution in [0.2, 0.25) is 5.02 Å². The molecule has 24 heavy (non-hydrogen) atoms. The maximum Gasteiger partial charge on any atom is 0.176 e. The monoisotopic (exact) mass is 406 g/mol. The number of hydrogen-bond acceptors (Lipinski definition) is 3. The van der Waals surface area contributed by atoms with E-state index in [2.05, 4.69) is 38.7 Å². The fourth-order valence-electron chi connectivity index (χ4n) is 3.00. The summed E-state index contributed by atoms with van der Waals surface area (Å²) in [7, 11) is 0. The fourth-order valence-corrected chi connectivity index (χ4v) is 3.43. The third-order valence-corrected chi connectivity index (χ3v) is 5.18. The number of carbonyl (C=O) groups excluding carboxylic acids is 1. The van der Waals surface area contributed by atoms with E-state index in [1.54, 1.807) is 0 Å². The molecule has 0 atom stereocenters. The van der Waals surface area contributed by atoms with E-state index in [4.69, 9.17) is 11.6 Å². The Labute approximate surface area is 156 Å². The van der Waals surface area contributed by atoms with Gasteiger partial charge in [-0.25, -0.2) is 0 Å². The van der Waals surface area contributed by atoms with Crippen LogP contribution >= 0.6 is 27.5 Å². The van der Waals surface area contributed by atoms with E-state index in [-0.39, 0.29) is 5.78 Å². The van der Waals surface area contributed by atoms with Gasteiger partial charge in [0.2, 0.25) is 0 Å². The first-order valence-corrected chi connectivity index (χ1v) is 9.22. The van der Waals surface area contributed by atoms with Crippen LogP contribution in [0.25, 0.3) is 0 Å². The molecule has 0 radical (unpaired) electrons. The van der Waals surface area contributed by atoms with Crippen molar-refractivity contribution >= 4 is 39.0 Å². The summed E-state index contributed by atoms with van der Waals surface area (Å²) in [6.45, 7) is 6.17. The number of benzene rings is 2. The number of halogens is 2. The minimum Gasteiger partial charge on any atom is -0.369 e. The van der Waals surface area contributed by atoms with Crippen LogP contribution in [-0.4, -0.2) is 43.4 Å². The zero-order valence-electron chi connectivity index (χ0n) is 13.6. The minimum atomic E-state index is 0.176. The predicted octanol–water partition coefficient (Wildman–Crippen LogP) is 4.42. The van der Waals surface area contributed by atoms with Crippen LogP contribution in [0.5, 0.6) is 0 Å². The normalized spacial score (nSPS) is 15.5. The molecule has 0 spiro atoms. The molecule has 2 aromatic carbocycles. The standard InChI is InChI=1S/C19H20BrClN2O/c1-14-2-7-17(21)12-18(14)23-10-8-22(9-11-23)13-19(24)15-3-5-16(20)6-4-15/h2-7,12H,8-11,13H2,1H3. The summed E-state index contributed by atoms with van der Waals surface area (Å²) < 4.78 is 0.990. The number of rotatable bonds is 4. The third kappa shape index (κ3) is 4.18. The number of carbonyl (C=O) groups is 1. The molecule has 126 valence electrons. The van der Waals surface area contributed by atoms with Crippen LogP contribution in [0.4, 0.5) is 5.69 Å². The van der Waals surface area contributed by atoms with Gasteiger partial charge in [0, 0.05) is 46.9 Å². The van der Waals surface area contributed by atoms with Gasteiger partial charge in [-0.15, -0.1) is 0 Å². The van der Waals surface area contributed by atoms with E-state index >= 15 is 0 Å². The number of nitrogens with zero attached hydrogens (tertiary/aromatic N) is 2. The highest BCUT2D eigenvalue weighted by Crippen LogP contribution is 2.25. The van der Waals surface area contributed by atoms with Crippen molar-refractivity contribution in [3.05, 3.63) is 63.1 Å². The average Bonchev–Trinajstić information content (AvgIpc) is 2.58. The molecule has 0 aromatic heterocycles. The summed E-state index contributed by atoms with van der Waals surface area (Å²) in [5.74, 6) is 0.176. The maximum atomic E-state index is 12.4. The Bertz CT molecular complexity index is 725. The van der Waals surface area contributed by atoms with Gasteiger partial charge >= 0.3 is 0 Å². The van der Waals surface area contributed by atoms with Gasteiger partial charge in [0.1, 0.15) is 0 Å². The van der Waals surface area contributed by atoms with Crippen LogP contribution < -0.4 is 4.90 Å². The van der Waals surface area contributed by atoms with Gasteiger partial charge < -0.3 is 4.90 Å². The molecule has 0 amide bonds. The Morgan fingerprint density at radius 2 is 1.75 bits per heavy atom. The summed E-state index contributed by atoms with van der Waals surface area (Å²) in [5.41, 5.74) is 3.20. The van der Waals surface area contributed by atoms with Crippen LogP contribution in [0.1, 0.15) is 15.9 Å². The molecule has 0 saturated carbocycles. The first-order chi connectivity index (χ1) is 11.5. The van der Waals surface area contributed by atoms with Crippen molar-refractivity contribution in [2.24, 2.45) is 0 Å². The second-order valence-electron chi connectivity index (χ2n) is 6.12. The summed E-state index contributed by atoms with van der Waals surface area (Å²) in [4.78, 5) is 17.0. The van der Waals surface area contributed by atoms with Crippen molar-refractivity contribution in [1.82, 2.24) is 4.90 Å². The third-order valence-electron chi connectivity index (χ3n) is 4.42. The second-order valence-corrected chi connectivity index (χ2v) is 7.48. The number of hydrogen-bond donors (Lipinski definition) is 0. The van der Waals surface area contributed by atoms with E-state index in [9.17, 15) is 4.79 Å². The van der Waals surface area contributed by atoms with Crippen molar-refractivity contribution in [2.75, 3.05) is 37.6 Å². The Kier molecular flexibility index (Phi) is 5.59. The summed E-state index contributed by atoms with van der Waals surface area (Å²) in [6.07, 6.45) is 0. The number of anilines is 1. The van der Waals surface area contributed by atoms with Crippen LogP contribution in [0.15, 0.2) is 46.9 Å². The Balaban J connectivity index is 1.58. The summed E-state index contributed by atoms with van der Waals surface area (Å²) in [6, 6.07) is 13.6. The Morgan fingerprint density at radius 1 is 1.08 bits per heavy atom.